The first-order chi connectivity index (χ1) is 24.7. The van der Waals surface area contributed by atoms with Crippen LogP contribution in [0.3, 0.4) is 0 Å². The number of nitrogens with one attached hydrogen (secondary N) is 1. The maximum Gasteiger partial charge on any atom is 0.514 e. The van der Waals surface area contributed by atoms with Gasteiger partial charge in [-0.1, -0.05) is 84.9 Å². The van der Waals surface area contributed by atoms with Gasteiger partial charge in [-0.05, 0) is 77.9 Å². The number of methoxy groups -OCH3 is 1. The fraction of sp³-hybridized carbons (Fsp3) is 0.200. The first kappa shape index (κ1) is 36.2. The van der Waals surface area contributed by atoms with Crippen LogP contribution in [0.1, 0.15) is 41.5 Å². The molecule has 2 atom stereocenters. The SMILES string of the molecule is COc1ccc(C(c2ccccc2)(c2ccccc2)C(N)CCC[C@@H](N)C(=O)Nc2ccc(COC(=O)Oc3ccc([N+](=O)[O-])cc3)cc2)cc1. The Morgan fingerprint density at radius 1 is 0.745 bits per heavy atom. The minimum atomic E-state index is -0.958. The second kappa shape index (κ2) is 17.1. The van der Waals surface area contributed by atoms with Gasteiger partial charge in [0.15, 0.2) is 0 Å². The van der Waals surface area contributed by atoms with Crippen LogP contribution >= 0.6 is 0 Å². The molecule has 0 aromatic heterocycles. The molecule has 5 N–H and O–H groups in total. The summed E-state index contributed by atoms with van der Waals surface area (Å²) in [6.45, 7) is -0.0796. The molecule has 0 aliphatic rings. The zero-order chi connectivity index (χ0) is 36.2. The molecule has 0 heterocycles. The van der Waals surface area contributed by atoms with Gasteiger partial charge in [0.25, 0.3) is 5.69 Å². The number of carbonyl (C=O) groups is 2. The molecule has 0 saturated heterocycles. The van der Waals surface area contributed by atoms with Crippen LogP contribution in [0.25, 0.3) is 0 Å². The van der Waals surface area contributed by atoms with E-state index in [2.05, 4.69) is 41.7 Å². The summed E-state index contributed by atoms with van der Waals surface area (Å²) in [5.74, 6) is 0.543. The Morgan fingerprint density at radius 2 is 1.29 bits per heavy atom. The predicted molar refractivity (Wildman–Crippen MR) is 195 cm³/mol. The van der Waals surface area contributed by atoms with Crippen LogP contribution in [0.5, 0.6) is 11.5 Å². The predicted octanol–water partition coefficient (Wildman–Crippen LogP) is 7.12. The molecule has 262 valence electrons. The van der Waals surface area contributed by atoms with E-state index in [9.17, 15) is 19.7 Å². The highest BCUT2D eigenvalue weighted by atomic mass is 16.7. The minimum absolute atomic E-state index is 0.0796. The number of ether oxygens (including phenoxy) is 3. The molecule has 0 radical (unpaired) electrons. The Labute approximate surface area is 296 Å². The van der Waals surface area contributed by atoms with E-state index in [-0.39, 0.29) is 30.0 Å². The third-order valence-corrected chi connectivity index (χ3v) is 8.75. The van der Waals surface area contributed by atoms with Crippen LogP contribution in [-0.2, 0) is 21.6 Å². The topological polar surface area (TPSA) is 169 Å². The van der Waals surface area contributed by atoms with E-state index in [4.69, 9.17) is 25.7 Å². The molecular weight excluding hydrogens is 648 g/mol. The Hall–Kier alpha value is -6.04. The number of rotatable bonds is 15. The van der Waals surface area contributed by atoms with Gasteiger partial charge < -0.3 is 31.0 Å². The van der Waals surface area contributed by atoms with Crippen molar-refractivity contribution >= 4 is 23.4 Å². The molecule has 0 aliphatic carbocycles. The number of non-ortho nitro benzene ring substituents is 1. The lowest BCUT2D eigenvalue weighted by Crippen LogP contribution is -2.47. The van der Waals surface area contributed by atoms with E-state index >= 15 is 0 Å². The van der Waals surface area contributed by atoms with Crippen molar-refractivity contribution in [2.24, 2.45) is 11.5 Å². The number of nitrogens with two attached hydrogens (primary N) is 2. The molecule has 11 heteroatoms. The van der Waals surface area contributed by atoms with Crippen LogP contribution in [0.15, 0.2) is 133 Å². The smallest absolute Gasteiger partial charge is 0.497 e. The van der Waals surface area contributed by atoms with E-state index in [0.717, 1.165) is 22.4 Å². The van der Waals surface area contributed by atoms with Crippen molar-refractivity contribution in [3.63, 3.8) is 0 Å². The highest BCUT2D eigenvalue weighted by Crippen LogP contribution is 2.43. The minimum Gasteiger partial charge on any atom is -0.497 e. The molecule has 11 nitrogen and oxygen atoms in total. The number of benzene rings is 5. The van der Waals surface area contributed by atoms with E-state index in [1.165, 1.54) is 24.3 Å². The maximum absolute atomic E-state index is 13.0. The zero-order valence-electron chi connectivity index (χ0n) is 28.1. The van der Waals surface area contributed by atoms with Crippen molar-refractivity contribution in [3.8, 4) is 11.5 Å². The standard InChI is InChI=1S/C40H40N4O7/c1-49-34-23-17-31(18-24-34)40(29-9-4-2-5-10-29,30-11-6-3-7-12-30)37(42)14-8-13-36(41)38(45)43-32-19-15-28(16-20-32)27-50-39(46)51-35-25-21-33(22-26-35)44(47)48/h2-7,9-12,15-26,36-37H,8,13-14,27,41-42H2,1H3,(H,43,45)/t36-,37?/m1/s1. The van der Waals surface area contributed by atoms with Gasteiger partial charge >= 0.3 is 6.16 Å². The molecule has 0 aliphatic heterocycles. The van der Waals surface area contributed by atoms with Crippen LogP contribution in [-0.4, -0.2) is 36.2 Å². The molecule has 5 aromatic rings. The number of hydrogen-bond acceptors (Lipinski definition) is 9. The van der Waals surface area contributed by atoms with E-state index in [1.807, 2.05) is 48.5 Å². The van der Waals surface area contributed by atoms with Gasteiger partial charge in [-0.2, -0.15) is 0 Å². The van der Waals surface area contributed by atoms with Crippen molar-refractivity contribution in [1.82, 2.24) is 0 Å². The summed E-state index contributed by atoms with van der Waals surface area (Å²) in [6, 6.07) is 39.1. The summed E-state index contributed by atoms with van der Waals surface area (Å²) in [4.78, 5) is 35.3. The highest BCUT2D eigenvalue weighted by molar-refractivity contribution is 5.94. The summed E-state index contributed by atoms with van der Waals surface area (Å²) < 4.78 is 15.6. The quantitative estimate of drug-likeness (QED) is 0.0341. The van der Waals surface area contributed by atoms with Crippen molar-refractivity contribution in [3.05, 3.63) is 166 Å². The number of amides is 1. The monoisotopic (exact) mass is 688 g/mol. The van der Waals surface area contributed by atoms with Gasteiger partial charge in [0.05, 0.1) is 23.5 Å². The lowest BCUT2D eigenvalue weighted by Gasteiger charge is -2.41. The van der Waals surface area contributed by atoms with Crippen molar-refractivity contribution in [1.29, 1.82) is 0 Å². The van der Waals surface area contributed by atoms with Crippen LogP contribution in [0.4, 0.5) is 16.2 Å². The molecule has 1 amide bonds. The largest absolute Gasteiger partial charge is 0.514 e. The Kier molecular flexibility index (Phi) is 12.1. The Balaban J connectivity index is 1.17. The lowest BCUT2D eigenvalue weighted by molar-refractivity contribution is -0.384. The number of nitro benzene ring substituents is 1. The van der Waals surface area contributed by atoms with Gasteiger partial charge in [0.2, 0.25) is 5.91 Å². The second-order valence-corrected chi connectivity index (χ2v) is 12.0. The van der Waals surface area contributed by atoms with Gasteiger partial charge in [-0.15, -0.1) is 0 Å². The molecular formula is C40H40N4O7. The molecule has 0 bridgehead atoms. The van der Waals surface area contributed by atoms with Gasteiger partial charge in [0, 0.05) is 23.9 Å². The van der Waals surface area contributed by atoms with Crippen molar-refractivity contribution in [2.45, 2.75) is 43.4 Å². The first-order valence-electron chi connectivity index (χ1n) is 16.5. The van der Waals surface area contributed by atoms with Crippen molar-refractivity contribution < 1.29 is 28.7 Å². The third kappa shape index (κ3) is 8.96. The fourth-order valence-corrected chi connectivity index (χ4v) is 6.13. The van der Waals surface area contributed by atoms with Gasteiger partial charge in [-0.25, -0.2) is 4.79 Å². The normalized spacial score (nSPS) is 12.3. The lowest BCUT2D eigenvalue weighted by atomic mass is 9.64. The van der Waals surface area contributed by atoms with E-state index in [0.29, 0.717) is 30.5 Å². The number of carbonyl (C=O) groups excluding carboxylic acids is 2. The van der Waals surface area contributed by atoms with Crippen molar-refractivity contribution in [2.75, 3.05) is 12.4 Å². The van der Waals surface area contributed by atoms with E-state index in [1.54, 1.807) is 31.4 Å². The first-order valence-corrected chi connectivity index (χ1v) is 16.5. The summed E-state index contributed by atoms with van der Waals surface area (Å²) in [5, 5.41) is 13.6. The summed E-state index contributed by atoms with van der Waals surface area (Å²) in [7, 11) is 1.64. The van der Waals surface area contributed by atoms with Crippen LogP contribution in [0.2, 0.25) is 0 Å². The Morgan fingerprint density at radius 3 is 1.84 bits per heavy atom. The number of nitro groups is 1. The summed E-state index contributed by atoms with van der Waals surface area (Å²) in [5.41, 5.74) is 17.1. The molecule has 5 aromatic carbocycles. The molecule has 1 unspecified atom stereocenters. The fourth-order valence-electron chi connectivity index (χ4n) is 6.13. The van der Waals surface area contributed by atoms with E-state index < -0.39 is 22.5 Å². The highest BCUT2D eigenvalue weighted by Gasteiger charge is 2.41. The number of nitrogens with zero attached hydrogens (tertiary/aromatic N) is 1. The third-order valence-electron chi connectivity index (χ3n) is 8.75. The number of hydrogen-bond donors (Lipinski definition) is 3. The summed E-state index contributed by atoms with van der Waals surface area (Å²) >= 11 is 0. The molecule has 0 spiro atoms. The van der Waals surface area contributed by atoms with Gasteiger partial charge in [0.1, 0.15) is 18.1 Å². The molecule has 0 saturated carbocycles. The molecule has 51 heavy (non-hydrogen) atoms. The van der Waals surface area contributed by atoms with Crippen LogP contribution < -0.4 is 26.3 Å². The van der Waals surface area contributed by atoms with Gasteiger partial charge in [-0.3, -0.25) is 14.9 Å². The zero-order valence-corrected chi connectivity index (χ0v) is 28.1. The molecule has 5 rings (SSSR count). The average Bonchev–Trinajstić information content (AvgIpc) is 3.16. The summed E-state index contributed by atoms with van der Waals surface area (Å²) in [6.07, 6.45) is 0.670. The average molecular weight is 689 g/mol. The molecule has 0 fully saturated rings. The maximum atomic E-state index is 13.0. The number of anilines is 1. The Bertz CT molecular complexity index is 1850. The van der Waals surface area contributed by atoms with Crippen LogP contribution in [0, 0.1) is 10.1 Å². The second-order valence-electron chi connectivity index (χ2n) is 12.0.